The molecule has 0 aliphatic carbocycles. The Morgan fingerprint density at radius 1 is 1.30 bits per heavy atom. The molecule has 0 bridgehead atoms. The van der Waals surface area contributed by atoms with E-state index < -0.39 is 5.63 Å². The molecule has 104 valence electrons. The molecule has 1 heterocycles. The molecule has 2 rings (SSSR count). The van der Waals surface area contributed by atoms with Gasteiger partial charge in [0.15, 0.2) is 0 Å². The third-order valence-corrected chi connectivity index (χ3v) is 2.82. The number of hydrogen-bond acceptors (Lipinski definition) is 4. The number of carbonyl (C=O) groups excluding carboxylic acids is 1. The average molecular weight is 273 g/mol. The van der Waals surface area contributed by atoms with Crippen molar-refractivity contribution in [1.29, 1.82) is 0 Å². The first-order valence-corrected chi connectivity index (χ1v) is 6.02. The summed E-state index contributed by atoms with van der Waals surface area (Å²) in [5.41, 5.74) is 0.289. The van der Waals surface area contributed by atoms with Gasteiger partial charge in [-0.1, -0.05) is 0 Å². The van der Waals surface area contributed by atoms with Gasteiger partial charge >= 0.3 is 5.63 Å². The molecular weight excluding hydrogens is 258 g/mol. The Balaban J connectivity index is 2.43. The summed E-state index contributed by atoms with van der Waals surface area (Å²) in [6, 6.07) is 6.90. The summed E-state index contributed by atoms with van der Waals surface area (Å²) < 4.78 is 10.3. The zero-order valence-electron chi connectivity index (χ0n) is 11.5. The van der Waals surface area contributed by atoms with Crippen molar-refractivity contribution >= 4 is 23.0 Å². The zero-order valence-corrected chi connectivity index (χ0v) is 11.5. The summed E-state index contributed by atoms with van der Waals surface area (Å²) >= 11 is 0. The van der Waals surface area contributed by atoms with E-state index in [0.29, 0.717) is 16.9 Å². The van der Waals surface area contributed by atoms with E-state index in [0.717, 1.165) is 5.39 Å². The lowest BCUT2D eigenvalue weighted by molar-refractivity contribution is -0.123. The highest BCUT2D eigenvalue weighted by Crippen LogP contribution is 2.20. The summed E-state index contributed by atoms with van der Waals surface area (Å²) in [4.78, 5) is 24.7. The number of rotatable bonds is 3. The number of benzene rings is 1. The molecule has 1 aromatic heterocycles. The van der Waals surface area contributed by atoms with Crippen molar-refractivity contribution in [1.82, 2.24) is 4.90 Å². The molecule has 5 heteroatoms. The number of fused-ring (bicyclic) bond motifs is 1. The van der Waals surface area contributed by atoms with E-state index in [1.54, 1.807) is 45.5 Å². The van der Waals surface area contributed by atoms with Gasteiger partial charge in [0.2, 0.25) is 5.91 Å². The van der Waals surface area contributed by atoms with Crippen LogP contribution in [0.1, 0.15) is 5.56 Å². The molecule has 0 saturated heterocycles. The minimum atomic E-state index is -0.492. The lowest BCUT2D eigenvalue weighted by Gasteiger charge is -2.05. The minimum absolute atomic E-state index is 0.195. The Hall–Kier alpha value is -2.56. The number of nitrogens with zero attached hydrogens (tertiary/aromatic N) is 1. The molecule has 1 aromatic carbocycles. The van der Waals surface area contributed by atoms with Crippen LogP contribution in [0.3, 0.4) is 0 Å². The van der Waals surface area contributed by atoms with Gasteiger partial charge in [-0.25, -0.2) is 4.79 Å². The maximum absolute atomic E-state index is 11.8. The Bertz CT molecular complexity index is 728. The Morgan fingerprint density at radius 2 is 2.05 bits per heavy atom. The largest absolute Gasteiger partial charge is 0.497 e. The highest BCUT2D eigenvalue weighted by Gasteiger charge is 2.05. The molecular formula is C15H15NO4. The van der Waals surface area contributed by atoms with E-state index in [1.165, 1.54) is 17.1 Å². The summed E-state index contributed by atoms with van der Waals surface area (Å²) in [6.07, 6.45) is 2.79. The fourth-order valence-corrected chi connectivity index (χ4v) is 1.66. The minimum Gasteiger partial charge on any atom is -0.497 e. The Labute approximate surface area is 116 Å². The highest BCUT2D eigenvalue weighted by atomic mass is 16.5. The van der Waals surface area contributed by atoms with E-state index >= 15 is 0 Å². The van der Waals surface area contributed by atoms with Crippen LogP contribution in [-0.4, -0.2) is 32.0 Å². The van der Waals surface area contributed by atoms with Gasteiger partial charge in [-0.15, -0.1) is 0 Å². The molecule has 0 radical (unpaired) electrons. The Kier molecular flexibility index (Phi) is 3.89. The first-order chi connectivity index (χ1) is 9.51. The number of amides is 1. The quantitative estimate of drug-likeness (QED) is 0.633. The maximum atomic E-state index is 11.8. The van der Waals surface area contributed by atoms with Crippen molar-refractivity contribution in [3.63, 3.8) is 0 Å². The van der Waals surface area contributed by atoms with Crippen LogP contribution in [0, 0.1) is 0 Å². The van der Waals surface area contributed by atoms with Crippen molar-refractivity contribution in [3.8, 4) is 5.75 Å². The number of ether oxygens (including phenoxy) is 1. The molecule has 0 saturated carbocycles. The maximum Gasteiger partial charge on any atom is 0.343 e. The van der Waals surface area contributed by atoms with Crippen molar-refractivity contribution in [2.75, 3.05) is 21.2 Å². The summed E-state index contributed by atoms with van der Waals surface area (Å²) in [5, 5.41) is 0.766. The molecule has 0 aliphatic heterocycles. The highest BCUT2D eigenvalue weighted by molar-refractivity contribution is 5.92. The van der Waals surface area contributed by atoms with Crippen LogP contribution in [0.4, 0.5) is 0 Å². The van der Waals surface area contributed by atoms with Gasteiger partial charge in [0.1, 0.15) is 11.3 Å². The second kappa shape index (κ2) is 5.61. The van der Waals surface area contributed by atoms with Gasteiger partial charge < -0.3 is 14.1 Å². The van der Waals surface area contributed by atoms with Gasteiger partial charge in [0.05, 0.1) is 12.7 Å². The zero-order chi connectivity index (χ0) is 14.7. The molecule has 1 amide bonds. The van der Waals surface area contributed by atoms with Gasteiger partial charge in [0, 0.05) is 31.6 Å². The van der Waals surface area contributed by atoms with Gasteiger partial charge in [0.25, 0.3) is 0 Å². The van der Waals surface area contributed by atoms with Crippen LogP contribution in [0.25, 0.3) is 17.0 Å². The monoisotopic (exact) mass is 273 g/mol. The fourth-order valence-electron chi connectivity index (χ4n) is 1.66. The molecule has 0 fully saturated rings. The lowest BCUT2D eigenvalue weighted by Crippen LogP contribution is -2.18. The third kappa shape index (κ3) is 2.88. The molecule has 0 aliphatic rings. The predicted octanol–water partition coefficient (Wildman–Crippen LogP) is 1.90. The fraction of sp³-hybridized carbons (Fsp3) is 0.200. The molecule has 5 nitrogen and oxygen atoms in total. The average Bonchev–Trinajstić information content (AvgIpc) is 2.43. The molecule has 0 atom stereocenters. The molecule has 0 unspecified atom stereocenters. The van der Waals surface area contributed by atoms with E-state index in [2.05, 4.69) is 0 Å². The van der Waals surface area contributed by atoms with Gasteiger partial charge in [-0.2, -0.15) is 0 Å². The van der Waals surface area contributed by atoms with Crippen molar-refractivity contribution in [3.05, 3.63) is 46.3 Å². The Morgan fingerprint density at radius 3 is 2.70 bits per heavy atom. The van der Waals surface area contributed by atoms with E-state index in [-0.39, 0.29) is 5.91 Å². The van der Waals surface area contributed by atoms with Crippen LogP contribution in [0.5, 0.6) is 5.75 Å². The van der Waals surface area contributed by atoms with Crippen LogP contribution in [0.2, 0.25) is 0 Å². The van der Waals surface area contributed by atoms with Crippen LogP contribution < -0.4 is 10.4 Å². The van der Waals surface area contributed by atoms with Crippen molar-refractivity contribution in [2.45, 2.75) is 0 Å². The number of carbonyl (C=O) groups is 1. The normalized spacial score (nSPS) is 10.9. The van der Waals surface area contributed by atoms with Crippen LogP contribution in [0.15, 0.2) is 39.6 Å². The molecule has 2 aromatic rings. The van der Waals surface area contributed by atoms with E-state index in [9.17, 15) is 9.59 Å². The van der Waals surface area contributed by atoms with Crippen LogP contribution in [-0.2, 0) is 4.79 Å². The number of likely N-dealkylation sites (N-methyl/N-ethyl adjacent to an activating group) is 1. The summed E-state index contributed by atoms with van der Waals surface area (Å²) in [6.45, 7) is 0. The standard InChI is InChI=1S/C15H15NO4/c1-16(2)14(17)7-5-11-8-10-4-6-12(19-3)9-13(10)20-15(11)18/h4-9H,1-3H3/b7-5+. The van der Waals surface area contributed by atoms with E-state index in [1.807, 2.05) is 0 Å². The predicted molar refractivity (Wildman–Crippen MR) is 76.8 cm³/mol. The second-order valence-corrected chi connectivity index (χ2v) is 4.46. The SMILES string of the molecule is COc1ccc2cc(/C=C/C(=O)N(C)C)c(=O)oc2c1. The van der Waals surface area contributed by atoms with Gasteiger partial charge in [-0.05, 0) is 24.3 Å². The summed E-state index contributed by atoms with van der Waals surface area (Å²) in [5.74, 6) is 0.422. The number of hydrogen-bond donors (Lipinski definition) is 0. The van der Waals surface area contributed by atoms with Gasteiger partial charge in [-0.3, -0.25) is 4.79 Å². The smallest absolute Gasteiger partial charge is 0.343 e. The molecule has 0 N–H and O–H groups in total. The second-order valence-electron chi connectivity index (χ2n) is 4.46. The molecule has 20 heavy (non-hydrogen) atoms. The first-order valence-electron chi connectivity index (χ1n) is 6.02. The third-order valence-electron chi connectivity index (χ3n) is 2.82. The molecule has 0 spiro atoms. The topological polar surface area (TPSA) is 59.8 Å². The number of methoxy groups -OCH3 is 1. The lowest BCUT2D eigenvalue weighted by atomic mass is 10.1. The van der Waals surface area contributed by atoms with Crippen molar-refractivity contribution < 1.29 is 13.9 Å². The van der Waals surface area contributed by atoms with Crippen LogP contribution >= 0.6 is 0 Å². The van der Waals surface area contributed by atoms with E-state index in [4.69, 9.17) is 9.15 Å². The first kappa shape index (κ1) is 13.9. The van der Waals surface area contributed by atoms with Crippen molar-refractivity contribution in [2.24, 2.45) is 0 Å². The summed E-state index contributed by atoms with van der Waals surface area (Å²) in [7, 11) is 4.83.